The maximum Gasteiger partial charge on any atom is 0.343 e. The van der Waals surface area contributed by atoms with Crippen LogP contribution < -0.4 is 11.0 Å². The summed E-state index contributed by atoms with van der Waals surface area (Å²) in [7, 11) is 0. The van der Waals surface area contributed by atoms with Gasteiger partial charge in [-0.25, -0.2) is 18.7 Å². The largest absolute Gasteiger partial charge is 0.343 e. The van der Waals surface area contributed by atoms with E-state index in [1.165, 1.54) is 10.6 Å². The molecule has 2 rings (SSSR count). The van der Waals surface area contributed by atoms with Crippen LogP contribution in [0, 0.1) is 11.6 Å². The summed E-state index contributed by atoms with van der Waals surface area (Å²) < 4.78 is 27.4. The van der Waals surface area contributed by atoms with E-state index in [1.807, 2.05) is 6.92 Å². The van der Waals surface area contributed by atoms with Gasteiger partial charge in [-0.05, 0) is 18.6 Å². The number of carbonyl (C=O) groups excluding carboxylic acids is 1. The Kier molecular flexibility index (Phi) is 5.91. The number of unbranched alkanes of at least 4 members (excludes halogenated alkanes) is 1. The van der Waals surface area contributed by atoms with E-state index in [0.29, 0.717) is 11.7 Å². The number of aromatic amines is 1. The van der Waals surface area contributed by atoms with Gasteiger partial charge in [0.1, 0.15) is 0 Å². The molecule has 0 unspecified atom stereocenters. The van der Waals surface area contributed by atoms with Crippen LogP contribution in [0.15, 0.2) is 28.2 Å². The Labute approximate surface area is 135 Å². The molecule has 23 heavy (non-hydrogen) atoms. The van der Waals surface area contributed by atoms with Gasteiger partial charge in [-0.1, -0.05) is 25.1 Å². The number of rotatable bonds is 7. The summed E-state index contributed by atoms with van der Waals surface area (Å²) in [5.74, 6) is -2.42. The summed E-state index contributed by atoms with van der Waals surface area (Å²) in [5, 5.41) is 9.10. The smallest absolute Gasteiger partial charge is 0.325 e. The van der Waals surface area contributed by atoms with Crippen molar-refractivity contribution in [1.82, 2.24) is 14.8 Å². The first-order chi connectivity index (χ1) is 11.0. The molecule has 9 heteroatoms. The second-order valence-corrected chi connectivity index (χ2v) is 5.72. The summed E-state index contributed by atoms with van der Waals surface area (Å²) in [5.41, 5.74) is -0.151. The Morgan fingerprint density at radius 2 is 2.17 bits per heavy atom. The van der Waals surface area contributed by atoms with E-state index in [2.05, 4.69) is 15.5 Å². The fraction of sp³-hybridized carbons (Fsp3) is 0.357. The Hall–Kier alpha value is -2.16. The first-order valence-electron chi connectivity index (χ1n) is 7.04. The molecule has 0 spiro atoms. The minimum Gasteiger partial charge on any atom is -0.325 e. The summed E-state index contributed by atoms with van der Waals surface area (Å²) in [6.45, 7) is 2.53. The van der Waals surface area contributed by atoms with E-state index in [0.717, 1.165) is 36.7 Å². The van der Waals surface area contributed by atoms with Crippen LogP contribution in [0.1, 0.15) is 19.8 Å². The van der Waals surface area contributed by atoms with Crippen molar-refractivity contribution in [3.05, 3.63) is 40.3 Å². The third kappa shape index (κ3) is 4.65. The van der Waals surface area contributed by atoms with Crippen molar-refractivity contribution >= 4 is 23.4 Å². The first kappa shape index (κ1) is 17.2. The van der Waals surface area contributed by atoms with Gasteiger partial charge in [-0.2, -0.15) is 0 Å². The van der Waals surface area contributed by atoms with Crippen LogP contribution >= 0.6 is 11.8 Å². The van der Waals surface area contributed by atoms with Gasteiger partial charge in [-0.3, -0.25) is 9.36 Å². The number of nitrogens with one attached hydrogen (secondary N) is 2. The predicted molar refractivity (Wildman–Crippen MR) is 83.5 cm³/mol. The minimum atomic E-state index is -1.03. The highest BCUT2D eigenvalue weighted by Crippen LogP contribution is 2.16. The standard InChI is InChI=1S/C14H16F2N4O2S/c1-2-3-6-20-13(22)18-19-14(20)23-8-12(21)17-9-4-5-10(15)11(16)7-9/h4-5,7H,2-3,6,8H2,1H3,(H,17,21)(H,18,22). The molecule has 124 valence electrons. The lowest BCUT2D eigenvalue weighted by Crippen LogP contribution is -2.19. The number of hydrogen-bond donors (Lipinski definition) is 2. The number of anilines is 1. The number of thioether (sulfide) groups is 1. The molecule has 0 radical (unpaired) electrons. The third-order valence-electron chi connectivity index (χ3n) is 2.99. The van der Waals surface area contributed by atoms with E-state index < -0.39 is 17.5 Å². The lowest BCUT2D eigenvalue weighted by atomic mass is 10.3. The quantitative estimate of drug-likeness (QED) is 0.757. The van der Waals surface area contributed by atoms with Gasteiger partial charge in [0.25, 0.3) is 0 Å². The second-order valence-electron chi connectivity index (χ2n) is 4.78. The molecule has 1 amide bonds. The molecule has 0 saturated heterocycles. The maximum atomic E-state index is 13.1. The van der Waals surface area contributed by atoms with Crippen molar-refractivity contribution in [3.63, 3.8) is 0 Å². The highest BCUT2D eigenvalue weighted by Gasteiger charge is 2.12. The number of hydrogen-bond acceptors (Lipinski definition) is 4. The maximum absolute atomic E-state index is 13.1. The van der Waals surface area contributed by atoms with Crippen LogP contribution in [0.25, 0.3) is 0 Å². The molecule has 2 N–H and O–H groups in total. The van der Waals surface area contributed by atoms with Crippen LogP contribution in [-0.4, -0.2) is 26.4 Å². The molecule has 0 saturated carbocycles. The number of halogens is 2. The molecule has 0 aliphatic heterocycles. The Bertz CT molecular complexity index is 745. The molecule has 2 aromatic rings. The van der Waals surface area contributed by atoms with Gasteiger partial charge in [-0.15, -0.1) is 5.10 Å². The third-order valence-corrected chi connectivity index (χ3v) is 3.97. The summed E-state index contributed by atoms with van der Waals surface area (Å²) >= 11 is 1.09. The van der Waals surface area contributed by atoms with Gasteiger partial charge < -0.3 is 5.32 Å². The van der Waals surface area contributed by atoms with Gasteiger partial charge in [0, 0.05) is 18.3 Å². The Morgan fingerprint density at radius 3 is 2.87 bits per heavy atom. The number of nitrogens with zero attached hydrogens (tertiary/aromatic N) is 2. The molecule has 0 aliphatic carbocycles. The molecule has 1 heterocycles. The monoisotopic (exact) mass is 342 g/mol. The number of carbonyl (C=O) groups is 1. The zero-order valence-electron chi connectivity index (χ0n) is 12.4. The lowest BCUT2D eigenvalue weighted by molar-refractivity contribution is -0.113. The van der Waals surface area contributed by atoms with Crippen LogP contribution in [0.5, 0.6) is 0 Å². The van der Waals surface area contributed by atoms with Gasteiger partial charge in [0.15, 0.2) is 16.8 Å². The molecule has 0 bridgehead atoms. The lowest BCUT2D eigenvalue weighted by Gasteiger charge is -2.06. The van der Waals surface area contributed by atoms with Crippen LogP contribution in [-0.2, 0) is 11.3 Å². The highest BCUT2D eigenvalue weighted by molar-refractivity contribution is 7.99. The summed E-state index contributed by atoms with van der Waals surface area (Å²) in [6, 6.07) is 3.12. The Morgan fingerprint density at radius 1 is 1.39 bits per heavy atom. The van der Waals surface area contributed by atoms with Crippen molar-refractivity contribution in [2.45, 2.75) is 31.5 Å². The van der Waals surface area contributed by atoms with E-state index in [4.69, 9.17) is 0 Å². The van der Waals surface area contributed by atoms with Crippen molar-refractivity contribution in [2.75, 3.05) is 11.1 Å². The number of aromatic nitrogens is 3. The van der Waals surface area contributed by atoms with Crippen molar-refractivity contribution < 1.29 is 13.6 Å². The van der Waals surface area contributed by atoms with Crippen molar-refractivity contribution in [2.24, 2.45) is 0 Å². The number of amides is 1. The van der Waals surface area contributed by atoms with E-state index >= 15 is 0 Å². The van der Waals surface area contributed by atoms with Crippen LogP contribution in [0.4, 0.5) is 14.5 Å². The average molecular weight is 342 g/mol. The van der Waals surface area contributed by atoms with Gasteiger partial charge in [0.2, 0.25) is 5.91 Å². The van der Waals surface area contributed by atoms with E-state index in [1.54, 1.807) is 0 Å². The normalized spacial score (nSPS) is 10.7. The number of benzene rings is 1. The first-order valence-corrected chi connectivity index (χ1v) is 8.02. The summed E-state index contributed by atoms with van der Waals surface area (Å²) in [4.78, 5) is 23.4. The zero-order valence-corrected chi connectivity index (χ0v) is 13.3. The molecular weight excluding hydrogens is 326 g/mol. The molecule has 6 nitrogen and oxygen atoms in total. The van der Waals surface area contributed by atoms with Crippen molar-refractivity contribution in [3.8, 4) is 0 Å². The predicted octanol–water partition coefficient (Wildman–Crippen LogP) is 2.38. The molecule has 0 atom stereocenters. The van der Waals surface area contributed by atoms with E-state index in [-0.39, 0.29) is 17.1 Å². The molecule has 0 fully saturated rings. The second kappa shape index (κ2) is 7.91. The molecule has 1 aromatic carbocycles. The Balaban J connectivity index is 1.94. The molecular formula is C14H16F2N4O2S. The van der Waals surface area contributed by atoms with E-state index in [9.17, 15) is 18.4 Å². The van der Waals surface area contributed by atoms with Gasteiger partial charge in [0.05, 0.1) is 5.75 Å². The van der Waals surface area contributed by atoms with Gasteiger partial charge >= 0.3 is 5.69 Å². The van der Waals surface area contributed by atoms with Crippen molar-refractivity contribution in [1.29, 1.82) is 0 Å². The summed E-state index contributed by atoms with van der Waals surface area (Å²) in [6.07, 6.45) is 1.76. The van der Waals surface area contributed by atoms with Crippen LogP contribution in [0.3, 0.4) is 0 Å². The topological polar surface area (TPSA) is 79.8 Å². The van der Waals surface area contributed by atoms with Crippen LogP contribution in [0.2, 0.25) is 0 Å². The highest BCUT2D eigenvalue weighted by atomic mass is 32.2. The SMILES string of the molecule is CCCCn1c(SCC(=O)Nc2ccc(F)c(F)c2)n[nH]c1=O. The fourth-order valence-electron chi connectivity index (χ4n) is 1.83. The zero-order chi connectivity index (χ0) is 16.8. The number of H-pyrrole nitrogens is 1. The molecule has 1 aromatic heterocycles. The minimum absolute atomic E-state index is 0.00455. The molecule has 0 aliphatic rings. The average Bonchev–Trinajstić information content (AvgIpc) is 2.87. The fourth-order valence-corrected chi connectivity index (χ4v) is 2.60.